The highest BCUT2D eigenvalue weighted by molar-refractivity contribution is 6.41. The van der Waals surface area contributed by atoms with Crippen LogP contribution < -0.4 is 16.0 Å². The topological polar surface area (TPSA) is 137 Å². The normalized spacial score (nSPS) is 11.5. The Morgan fingerprint density at radius 3 is 2.23 bits per heavy atom. The summed E-state index contributed by atoms with van der Waals surface area (Å²) in [6.45, 7) is 5.19. The minimum Gasteiger partial charge on any atom is -0.456 e. The van der Waals surface area contributed by atoms with Gasteiger partial charge in [0.15, 0.2) is 0 Å². The number of rotatable bonds is 7. The molecule has 3 aromatic carbocycles. The average molecular weight is 547 g/mol. The fraction of sp³-hybridized carbons (Fsp3) is 0.207. The summed E-state index contributed by atoms with van der Waals surface area (Å²) < 4.78 is 5.44. The molecule has 3 aromatic rings. The van der Waals surface area contributed by atoms with Gasteiger partial charge in [0.25, 0.3) is 0 Å². The zero-order valence-corrected chi connectivity index (χ0v) is 22.3. The molecule has 0 aromatic heterocycles. The van der Waals surface area contributed by atoms with Gasteiger partial charge < -0.3 is 20.7 Å². The Labute approximate surface area is 231 Å². The third-order valence-corrected chi connectivity index (χ3v) is 5.59. The molecule has 0 spiro atoms. The second kappa shape index (κ2) is 12.7. The van der Waals surface area contributed by atoms with Crippen molar-refractivity contribution in [3.63, 3.8) is 0 Å². The number of nitrogens with one attached hydrogen (secondary N) is 3. The molecule has 3 amide bonds. The summed E-state index contributed by atoms with van der Waals surface area (Å²) in [6.07, 6.45) is 0.0605. The number of ether oxygens (including phenoxy) is 1. The number of amides is 3. The molecule has 0 radical (unpaired) electrons. The van der Waals surface area contributed by atoms with Gasteiger partial charge in [0.2, 0.25) is 5.91 Å². The maximum atomic E-state index is 13.4. The van der Waals surface area contributed by atoms with E-state index in [1.165, 1.54) is 30.3 Å². The van der Waals surface area contributed by atoms with Crippen LogP contribution in [0.15, 0.2) is 72.8 Å². The van der Waals surface area contributed by atoms with Crippen molar-refractivity contribution >= 4 is 46.7 Å². The number of carbonyl (C=O) groups excluding carboxylic acids is 4. The zero-order valence-electron chi connectivity index (χ0n) is 21.6. The van der Waals surface area contributed by atoms with Crippen molar-refractivity contribution in [3.05, 3.63) is 94.5 Å². The van der Waals surface area contributed by atoms with Crippen LogP contribution in [-0.4, -0.2) is 35.3 Å². The van der Waals surface area contributed by atoms with E-state index in [1.54, 1.807) is 63.2 Å². The number of nitrogens with zero attached hydrogens (tertiary/aromatic N) is 1. The first-order valence-corrected chi connectivity index (χ1v) is 12.3. The van der Waals surface area contributed by atoms with Crippen molar-refractivity contribution in [2.45, 2.75) is 38.8 Å². The van der Waals surface area contributed by atoms with Crippen LogP contribution in [-0.2, 0) is 25.5 Å². The van der Waals surface area contributed by atoms with Crippen LogP contribution in [0.25, 0.3) is 0 Å². The maximum Gasteiger partial charge on any atom is 0.340 e. The summed E-state index contributed by atoms with van der Waals surface area (Å²) in [7, 11) is 0. The standard InChI is InChI=1S/C29H27ClN4O5/c1-29(2,3)39-28(38)20-11-7-8-12-22(20)32-25(35)24(15-18-9-5-4-6-10-18)34-27(37)26(36)33-23-16-19(17-31)13-14-21(23)30/h4-14,16,24H,15H2,1-3H3,(H,32,35)(H,33,36)(H,34,37). The van der Waals surface area contributed by atoms with Gasteiger partial charge in [0.05, 0.1) is 33.6 Å². The number of nitriles is 1. The van der Waals surface area contributed by atoms with E-state index >= 15 is 0 Å². The molecule has 0 saturated heterocycles. The summed E-state index contributed by atoms with van der Waals surface area (Å²) in [5, 5.41) is 16.7. The highest BCUT2D eigenvalue weighted by Crippen LogP contribution is 2.23. The quantitative estimate of drug-likeness (QED) is 0.295. The first-order valence-electron chi connectivity index (χ1n) is 12.0. The lowest BCUT2D eigenvalue weighted by atomic mass is 10.0. The van der Waals surface area contributed by atoms with Gasteiger partial charge in [0.1, 0.15) is 11.6 Å². The lowest BCUT2D eigenvalue weighted by Gasteiger charge is -2.22. The van der Waals surface area contributed by atoms with Gasteiger partial charge in [-0.05, 0) is 56.7 Å². The Hall–Kier alpha value is -4.68. The van der Waals surface area contributed by atoms with Crippen LogP contribution in [0.4, 0.5) is 11.4 Å². The summed E-state index contributed by atoms with van der Waals surface area (Å²) in [5.74, 6) is -3.45. The van der Waals surface area contributed by atoms with E-state index in [0.717, 1.165) is 5.56 Å². The molecular formula is C29H27ClN4O5. The van der Waals surface area contributed by atoms with Gasteiger partial charge in [-0.15, -0.1) is 0 Å². The largest absolute Gasteiger partial charge is 0.456 e. The first kappa shape index (κ1) is 28.9. The van der Waals surface area contributed by atoms with Crippen LogP contribution in [0.3, 0.4) is 0 Å². The van der Waals surface area contributed by atoms with E-state index in [2.05, 4.69) is 16.0 Å². The minimum absolute atomic E-state index is 0.0605. The lowest BCUT2D eigenvalue weighted by Crippen LogP contribution is -2.49. The van der Waals surface area contributed by atoms with Gasteiger partial charge in [-0.3, -0.25) is 14.4 Å². The van der Waals surface area contributed by atoms with E-state index in [9.17, 15) is 19.2 Å². The Balaban J connectivity index is 1.81. The van der Waals surface area contributed by atoms with Crippen LogP contribution in [0.2, 0.25) is 5.02 Å². The highest BCUT2D eigenvalue weighted by atomic mass is 35.5. The van der Waals surface area contributed by atoms with Crippen LogP contribution >= 0.6 is 11.6 Å². The van der Waals surface area contributed by atoms with Gasteiger partial charge >= 0.3 is 17.8 Å². The van der Waals surface area contributed by atoms with Crippen LogP contribution in [0.1, 0.15) is 42.3 Å². The number of esters is 1. The van der Waals surface area contributed by atoms with E-state index in [1.807, 2.05) is 6.07 Å². The van der Waals surface area contributed by atoms with Crippen molar-refractivity contribution in [2.75, 3.05) is 10.6 Å². The molecule has 0 aliphatic rings. The number of carbonyl (C=O) groups is 4. The number of hydrogen-bond acceptors (Lipinski definition) is 6. The molecule has 0 heterocycles. The second-order valence-corrected chi connectivity index (χ2v) is 9.92. The molecule has 39 heavy (non-hydrogen) atoms. The van der Waals surface area contributed by atoms with Crippen molar-refractivity contribution in [3.8, 4) is 6.07 Å². The van der Waals surface area contributed by atoms with E-state index in [0.29, 0.717) is 0 Å². The van der Waals surface area contributed by atoms with E-state index in [4.69, 9.17) is 21.6 Å². The molecule has 0 bridgehead atoms. The van der Waals surface area contributed by atoms with Crippen molar-refractivity contribution in [1.82, 2.24) is 5.32 Å². The molecule has 3 N–H and O–H groups in total. The Bertz CT molecular complexity index is 1430. The molecule has 0 fully saturated rings. The predicted octanol–water partition coefficient (Wildman–Crippen LogP) is 4.47. The predicted molar refractivity (Wildman–Crippen MR) is 147 cm³/mol. The number of hydrogen-bond donors (Lipinski definition) is 3. The minimum atomic E-state index is -1.18. The third-order valence-electron chi connectivity index (χ3n) is 5.26. The highest BCUT2D eigenvalue weighted by Gasteiger charge is 2.27. The lowest BCUT2D eigenvalue weighted by molar-refractivity contribution is -0.137. The average Bonchev–Trinajstić information content (AvgIpc) is 2.89. The number of halogens is 1. The Morgan fingerprint density at radius 2 is 1.56 bits per heavy atom. The molecule has 10 heteroatoms. The van der Waals surface area contributed by atoms with Crippen LogP contribution in [0, 0.1) is 11.3 Å². The number of anilines is 2. The molecule has 3 rings (SSSR count). The summed E-state index contributed by atoms with van der Waals surface area (Å²) >= 11 is 6.08. The van der Waals surface area contributed by atoms with Gasteiger partial charge in [-0.1, -0.05) is 54.1 Å². The van der Waals surface area contributed by atoms with Crippen molar-refractivity contribution in [2.24, 2.45) is 0 Å². The molecule has 0 saturated carbocycles. The maximum absolute atomic E-state index is 13.4. The molecule has 0 aliphatic heterocycles. The number of benzene rings is 3. The fourth-order valence-corrected chi connectivity index (χ4v) is 3.64. The molecule has 200 valence electrons. The summed E-state index contributed by atoms with van der Waals surface area (Å²) in [6, 6.07) is 20.2. The molecule has 1 unspecified atom stereocenters. The fourth-order valence-electron chi connectivity index (χ4n) is 3.48. The smallest absolute Gasteiger partial charge is 0.340 e. The third kappa shape index (κ3) is 8.42. The van der Waals surface area contributed by atoms with E-state index in [-0.39, 0.29) is 33.9 Å². The van der Waals surface area contributed by atoms with Gasteiger partial charge in [0, 0.05) is 6.42 Å². The molecular weight excluding hydrogens is 520 g/mol. The Morgan fingerprint density at radius 1 is 0.897 bits per heavy atom. The Kier molecular flexibility index (Phi) is 9.42. The van der Waals surface area contributed by atoms with Crippen molar-refractivity contribution in [1.29, 1.82) is 5.26 Å². The summed E-state index contributed by atoms with van der Waals surface area (Å²) in [4.78, 5) is 51.5. The monoisotopic (exact) mass is 546 g/mol. The van der Waals surface area contributed by atoms with Gasteiger partial charge in [-0.2, -0.15) is 5.26 Å². The molecule has 0 aliphatic carbocycles. The van der Waals surface area contributed by atoms with Crippen LogP contribution in [0.5, 0.6) is 0 Å². The molecule has 9 nitrogen and oxygen atoms in total. The van der Waals surface area contributed by atoms with Gasteiger partial charge in [-0.25, -0.2) is 4.79 Å². The second-order valence-electron chi connectivity index (χ2n) is 9.51. The SMILES string of the molecule is CC(C)(C)OC(=O)c1ccccc1NC(=O)C(Cc1ccccc1)NC(=O)C(=O)Nc1cc(C#N)ccc1Cl. The zero-order chi connectivity index (χ0) is 28.6. The van der Waals surface area contributed by atoms with E-state index < -0.39 is 35.3 Å². The summed E-state index contributed by atoms with van der Waals surface area (Å²) in [5.41, 5.74) is 0.611. The first-order chi connectivity index (χ1) is 18.5. The number of para-hydroxylation sites is 1. The van der Waals surface area contributed by atoms with Crippen molar-refractivity contribution < 1.29 is 23.9 Å². The molecule has 1 atom stereocenters.